The number of aromatic nitrogens is 4. The number of nitrogens with zero attached hydrogens (tertiary/aromatic N) is 4. The number of alkyl halides is 3. The van der Waals surface area contributed by atoms with E-state index in [1.165, 1.54) is 33.9 Å². The van der Waals surface area contributed by atoms with Crippen molar-refractivity contribution < 1.29 is 17.9 Å². The zero-order chi connectivity index (χ0) is 18.9. The summed E-state index contributed by atoms with van der Waals surface area (Å²) >= 11 is 0. The minimum atomic E-state index is -4.46. The molecule has 1 aromatic carbocycles. The van der Waals surface area contributed by atoms with Gasteiger partial charge in [0.25, 0.3) is 5.56 Å². The van der Waals surface area contributed by atoms with Crippen LogP contribution in [0.2, 0.25) is 0 Å². The fraction of sp³-hybridized carbons (Fsp3) is 0.353. The number of hydrogen-bond acceptors (Lipinski definition) is 4. The molecular weight excluding hydrogens is 349 g/mol. The SMILES string of the molecule is CC(C)OCCn1cnc2c(cnn2-c2cccc(C(F)(F)F)c2)c1=O. The van der Waals surface area contributed by atoms with Gasteiger partial charge in [0.2, 0.25) is 0 Å². The molecule has 0 radical (unpaired) electrons. The summed E-state index contributed by atoms with van der Waals surface area (Å²) in [6.07, 6.45) is -1.76. The first-order chi connectivity index (χ1) is 12.3. The predicted molar refractivity (Wildman–Crippen MR) is 89.2 cm³/mol. The van der Waals surface area contributed by atoms with E-state index in [0.717, 1.165) is 12.1 Å². The van der Waals surface area contributed by atoms with Crippen LogP contribution in [-0.4, -0.2) is 32.0 Å². The number of fused-ring (bicyclic) bond motifs is 1. The highest BCUT2D eigenvalue weighted by Crippen LogP contribution is 2.30. The molecule has 138 valence electrons. The van der Waals surface area contributed by atoms with Crippen LogP contribution in [0.3, 0.4) is 0 Å². The first kappa shape index (κ1) is 18.1. The quantitative estimate of drug-likeness (QED) is 0.696. The van der Waals surface area contributed by atoms with Gasteiger partial charge in [-0.2, -0.15) is 18.3 Å². The summed E-state index contributed by atoms with van der Waals surface area (Å²) in [5, 5.41) is 4.27. The molecule has 0 saturated heterocycles. The van der Waals surface area contributed by atoms with Crippen molar-refractivity contribution in [1.82, 2.24) is 19.3 Å². The molecule has 6 nitrogen and oxygen atoms in total. The zero-order valence-corrected chi connectivity index (χ0v) is 14.2. The summed E-state index contributed by atoms with van der Waals surface area (Å²) in [6.45, 7) is 4.47. The lowest BCUT2D eigenvalue weighted by Gasteiger charge is -2.10. The lowest BCUT2D eigenvalue weighted by molar-refractivity contribution is -0.137. The minimum Gasteiger partial charge on any atom is -0.377 e. The van der Waals surface area contributed by atoms with E-state index in [1.54, 1.807) is 0 Å². The second-order valence-electron chi connectivity index (χ2n) is 6.00. The van der Waals surface area contributed by atoms with Gasteiger partial charge in [-0.1, -0.05) is 6.07 Å². The Kier molecular flexibility index (Phi) is 4.82. The molecule has 0 atom stereocenters. The molecule has 26 heavy (non-hydrogen) atoms. The first-order valence-electron chi connectivity index (χ1n) is 8.00. The average Bonchev–Trinajstić information content (AvgIpc) is 3.01. The first-order valence-corrected chi connectivity index (χ1v) is 8.00. The van der Waals surface area contributed by atoms with Gasteiger partial charge in [-0.05, 0) is 32.0 Å². The molecule has 0 saturated carbocycles. The van der Waals surface area contributed by atoms with E-state index < -0.39 is 11.7 Å². The van der Waals surface area contributed by atoms with Gasteiger partial charge in [0, 0.05) is 0 Å². The van der Waals surface area contributed by atoms with E-state index in [4.69, 9.17) is 4.74 Å². The van der Waals surface area contributed by atoms with Gasteiger partial charge in [0.05, 0.1) is 36.7 Å². The van der Waals surface area contributed by atoms with Gasteiger partial charge in [0.1, 0.15) is 11.7 Å². The molecule has 0 fully saturated rings. The maximum Gasteiger partial charge on any atom is 0.416 e. The van der Waals surface area contributed by atoms with E-state index >= 15 is 0 Å². The molecular formula is C17H17F3N4O2. The Labute approximate surface area is 146 Å². The van der Waals surface area contributed by atoms with Gasteiger partial charge < -0.3 is 4.74 Å². The molecule has 0 unspecified atom stereocenters. The lowest BCUT2D eigenvalue weighted by Crippen LogP contribution is -2.23. The third kappa shape index (κ3) is 3.62. The Balaban J connectivity index is 1.97. The van der Waals surface area contributed by atoms with Crippen LogP contribution in [0.1, 0.15) is 19.4 Å². The molecule has 2 aromatic heterocycles. The molecule has 2 heterocycles. The Morgan fingerprint density at radius 2 is 2.04 bits per heavy atom. The van der Waals surface area contributed by atoms with E-state index in [-0.39, 0.29) is 28.4 Å². The summed E-state index contributed by atoms with van der Waals surface area (Å²) in [7, 11) is 0. The molecule has 0 aliphatic rings. The van der Waals surface area contributed by atoms with Gasteiger partial charge in [-0.3, -0.25) is 9.36 Å². The molecule has 9 heteroatoms. The third-order valence-corrected chi connectivity index (χ3v) is 3.76. The van der Waals surface area contributed by atoms with Crippen LogP contribution in [0.25, 0.3) is 16.7 Å². The molecule has 0 spiro atoms. The monoisotopic (exact) mass is 366 g/mol. The van der Waals surface area contributed by atoms with Gasteiger partial charge in [-0.25, -0.2) is 9.67 Å². The third-order valence-electron chi connectivity index (χ3n) is 3.76. The Morgan fingerprint density at radius 3 is 2.73 bits per heavy atom. The van der Waals surface area contributed by atoms with Crippen LogP contribution in [0, 0.1) is 0 Å². The minimum absolute atomic E-state index is 0.0473. The highest BCUT2D eigenvalue weighted by Gasteiger charge is 2.30. The second kappa shape index (κ2) is 6.91. The summed E-state index contributed by atoms with van der Waals surface area (Å²) in [4.78, 5) is 16.7. The summed E-state index contributed by atoms with van der Waals surface area (Å²) in [5.41, 5.74) is -0.726. The number of hydrogen-bond donors (Lipinski definition) is 0. The van der Waals surface area contributed by atoms with Crippen LogP contribution in [-0.2, 0) is 17.5 Å². The van der Waals surface area contributed by atoms with E-state index in [2.05, 4.69) is 10.1 Å². The number of benzene rings is 1. The summed E-state index contributed by atoms with van der Waals surface area (Å²) in [6, 6.07) is 4.71. The van der Waals surface area contributed by atoms with Gasteiger partial charge >= 0.3 is 6.18 Å². The van der Waals surface area contributed by atoms with Gasteiger partial charge in [0.15, 0.2) is 5.65 Å². The van der Waals surface area contributed by atoms with Crippen LogP contribution in [0.15, 0.2) is 41.6 Å². The van der Waals surface area contributed by atoms with E-state index in [9.17, 15) is 18.0 Å². The van der Waals surface area contributed by atoms with E-state index in [1.807, 2.05) is 13.8 Å². The van der Waals surface area contributed by atoms with E-state index in [0.29, 0.717) is 13.2 Å². The van der Waals surface area contributed by atoms with Crippen molar-refractivity contribution in [3.63, 3.8) is 0 Å². The van der Waals surface area contributed by atoms with Crippen LogP contribution < -0.4 is 5.56 Å². The smallest absolute Gasteiger partial charge is 0.377 e. The van der Waals surface area contributed by atoms with Gasteiger partial charge in [-0.15, -0.1) is 0 Å². The van der Waals surface area contributed by atoms with Crippen molar-refractivity contribution in [3.05, 3.63) is 52.7 Å². The average molecular weight is 366 g/mol. The zero-order valence-electron chi connectivity index (χ0n) is 14.2. The van der Waals surface area contributed by atoms with Crippen molar-refractivity contribution in [1.29, 1.82) is 0 Å². The topological polar surface area (TPSA) is 61.9 Å². The van der Waals surface area contributed by atoms with Crippen LogP contribution >= 0.6 is 0 Å². The largest absolute Gasteiger partial charge is 0.416 e. The maximum atomic E-state index is 12.9. The van der Waals surface area contributed by atoms with Crippen LogP contribution in [0.4, 0.5) is 13.2 Å². The number of ether oxygens (including phenoxy) is 1. The van der Waals surface area contributed by atoms with Crippen molar-refractivity contribution >= 4 is 11.0 Å². The number of halogens is 3. The molecule has 0 N–H and O–H groups in total. The Hall–Kier alpha value is -2.68. The van der Waals surface area contributed by atoms with Crippen molar-refractivity contribution in [2.45, 2.75) is 32.7 Å². The second-order valence-corrected chi connectivity index (χ2v) is 6.00. The maximum absolute atomic E-state index is 12.9. The fourth-order valence-corrected chi connectivity index (χ4v) is 2.50. The molecule has 3 rings (SSSR count). The molecule has 0 amide bonds. The van der Waals surface area contributed by atoms with Crippen molar-refractivity contribution in [3.8, 4) is 5.69 Å². The molecule has 0 bridgehead atoms. The molecule has 3 aromatic rings. The Morgan fingerprint density at radius 1 is 1.27 bits per heavy atom. The van der Waals surface area contributed by atoms with Crippen molar-refractivity contribution in [2.24, 2.45) is 0 Å². The standard InChI is InChI=1S/C17H17F3N4O2/c1-11(2)26-7-6-23-10-21-15-14(16(23)25)9-22-24(15)13-5-3-4-12(8-13)17(18,19)20/h3-5,8-11H,6-7H2,1-2H3. The predicted octanol–water partition coefficient (Wildman–Crippen LogP) is 3.03. The summed E-state index contributed by atoms with van der Waals surface area (Å²) < 4.78 is 46.7. The molecule has 0 aliphatic carbocycles. The normalized spacial score (nSPS) is 12.2. The fourth-order valence-electron chi connectivity index (χ4n) is 2.50. The summed E-state index contributed by atoms with van der Waals surface area (Å²) in [5.74, 6) is 0. The Bertz CT molecular complexity index is 976. The number of rotatable bonds is 5. The molecule has 0 aliphatic heterocycles. The lowest BCUT2D eigenvalue weighted by atomic mass is 10.2. The van der Waals surface area contributed by atoms with Crippen LogP contribution in [0.5, 0.6) is 0 Å². The highest BCUT2D eigenvalue weighted by atomic mass is 19.4. The van der Waals surface area contributed by atoms with Crippen molar-refractivity contribution in [2.75, 3.05) is 6.61 Å². The highest BCUT2D eigenvalue weighted by molar-refractivity contribution is 5.74.